The number of anilines is 1. The second-order valence-corrected chi connectivity index (χ2v) is 7.34. The maximum atomic E-state index is 13.3. The third-order valence-corrected chi connectivity index (χ3v) is 5.06. The van der Waals surface area contributed by atoms with Crippen LogP contribution in [0.2, 0.25) is 0 Å². The van der Waals surface area contributed by atoms with E-state index in [0.717, 1.165) is 4.90 Å². The van der Waals surface area contributed by atoms with Crippen LogP contribution < -0.4 is 5.32 Å². The fourth-order valence-electron chi connectivity index (χ4n) is 2.27. The molecule has 0 aromatic heterocycles. The molecular formula is C18H11BrF2N2O3S. The molecule has 1 aliphatic heterocycles. The molecular weight excluding hydrogens is 442 g/mol. The van der Waals surface area contributed by atoms with Gasteiger partial charge in [0.2, 0.25) is 5.91 Å². The second-order valence-electron chi connectivity index (χ2n) is 5.50. The highest BCUT2D eigenvalue weighted by Gasteiger charge is 2.36. The van der Waals surface area contributed by atoms with E-state index >= 15 is 0 Å². The van der Waals surface area contributed by atoms with Crippen LogP contribution in [0, 0.1) is 11.6 Å². The zero-order valence-corrected chi connectivity index (χ0v) is 15.9. The standard InChI is InChI=1S/C18H11BrF2N2O3S/c19-13-7-10(1-6-14(13)21)8-15-17(25)23(18(26)27-15)9-16(24)22-12-4-2-11(20)3-5-12/h1-8H,9H2,(H,22,24)/b15-8+. The molecule has 1 aliphatic rings. The molecule has 2 aromatic rings. The van der Waals surface area contributed by atoms with Crippen LogP contribution in [0.3, 0.4) is 0 Å². The molecule has 0 saturated carbocycles. The molecule has 2 aromatic carbocycles. The predicted molar refractivity (Wildman–Crippen MR) is 102 cm³/mol. The zero-order chi connectivity index (χ0) is 19.6. The Morgan fingerprint density at radius 3 is 2.52 bits per heavy atom. The third kappa shape index (κ3) is 4.61. The lowest BCUT2D eigenvalue weighted by Gasteiger charge is -2.12. The molecule has 27 heavy (non-hydrogen) atoms. The molecule has 5 nitrogen and oxygen atoms in total. The van der Waals surface area contributed by atoms with Crippen molar-refractivity contribution in [1.29, 1.82) is 0 Å². The minimum Gasteiger partial charge on any atom is -0.325 e. The van der Waals surface area contributed by atoms with Crippen LogP contribution >= 0.6 is 27.7 Å². The fraction of sp³-hybridized carbons (Fsp3) is 0.0556. The summed E-state index contributed by atoms with van der Waals surface area (Å²) in [6, 6.07) is 9.27. The highest BCUT2D eigenvalue weighted by molar-refractivity contribution is 9.10. The Morgan fingerprint density at radius 1 is 1.15 bits per heavy atom. The van der Waals surface area contributed by atoms with Gasteiger partial charge in [-0.05, 0) is 75.7 Å². The lowest BCUT2D eigenvalue weighted by Crippen LogP contribution is -2.36. The van der Waals surface area contributed by atoms with Crippen LogP contribution in [0.4, 0.5) is 19.3 Å². The molecule has 0 bridgehead atoms. The molecule has 0 unspecified atom stereocenters. The summed E-state index contributed by atoms with van der Waals surface area (Å²) >= 11 is 3.75. The summed E-state index contributed by atoms with van der Waals surface area (Å²) in [5.41, 5.74) is 0.879. The van der Waals surface area contributed by atoms with Gasteiger partial charge < -0.3 is 5.32 Å². The van der Waals surface area contributed by atoms with Gasteiger partial charge in [0.1, 0.15) is 18.2 Å². The van der Waals surface area contributed by atoms with E-state index in [1.54, 1.807) is 0 Å². The van der Waals surface area contributed by atoms with Gasteiger partial charge in [-0.15, -0.1) is 0 Å². The van der Waals surface area contributed by atoms with Gasteiger partial charge in [0.05, 0.1) is 9.38 Å². The van der Waals surface area contributed by atoms with Crippen molar-refractivity contribution in [1.82, 2.24) is 4.90 Å². The number of thioether (sulfide) groups is 1. The van der Waals surface area contributed by atoms with Gasteiger partial charge in [-0.2, -0.15) is 0 Å². The van der Waals surface area contributed by atoms with Gasteiger partial charge in [-0.1, -0.05) is 6.07 Å². The number of carbonyl (C=O) groups is 3. The SMILES string of the molecule is O=C(CN1C(=O)S/C(=C/c2ccc(F)c(Br)c2)C1=O)Nc1ccc(F)cc1. The minimum atomic E-state index is -0.611. The highest BCUT2D eigenvalue weighted by Crippen LogP contribution is 2.32. The van der Waals surface area contributed by atoms with Crippen molar-refractivity contribution in [3.05, 3.63) is 69.0 Å². The Kier molecular flexibility index (Phi) is 5.71. The first-order valence-corrected chi connectivity index (χ1v) is 9.20. The lowest BCUT2D eigenvalue weighted by molar-refractivity contribution is -0.127. The van der Waals surface area contributed by atoms with E-state index in [-0.39, 0.29) is 9.38 Å². The molecule has 1 saturated heterocycles. The molecule has 1 heterocycles. The number of imide groups is 1. The summed E-state index contributed by atoms with van der Waals surface area (Å²) in [5, 5.41) is 1.91. The molecule has 1 N–H and O–H groups in total. The van der Waals surface area contributed by atoms with Crippen molar-refractivity contribution in [2.24, 2.45) is 0 Å². The van der Waals surface area contributed by atoms with E-state index in [1.807, 2.05) is 0 Å². The van der Waals surface area contributed by atoms with Crippen LogP contribution in [0.15, 0.2) is 51.8 Å². The van der Waals surface area contributed by atoms with E-state index in [0.29, 0.717) is 23.0 Å². The molecule has 138 valence electrons. The van der Waals surface area contributed by atoms with Crippen molar-refractivity contribution in [2.75, 3.05) is 11.9 Å². The van der Waals surface area contributed by atoms with Crippen molar-refractivity contribution in [3.63, 3.8) is 0 Å². The molecule has 0 spiro atoms. The van der Waals surface area contributed by atoms with E-state index in [2.05, 4.69) is 21.2 Å². The van der Waals surface area contributed by atoms with Gasteiger partial charge in [-0.3, -0.25) is 19.3 Å². The lowest BCUT2D eigenvalue weighted by atomic mass is 10.2. The average molecular weight is 453 g/mol. The van der Waals surface area contributed by atoms with Crippen molar-refractivity contribution < 1.29 is 23.2 Å². The van der Waals surface area contributed by atoms with E-state index < -0.39 is 35.2 Å². The Bertz CT molecular complexity index is 964. The molecule has 3 rings (SSSR count). The predicted octanol–water partition coefficient (Wildman–Crippen LogP) is 4.40. The number of hydrogen-bond acceptors (Lipinski definition) is 4. The number of amides is 3. The first kappa shape index (κ1) is 19.2. The second kappa shape index (κ2) is 8.01. The minimum absolute atomic E-state index is 0.132. The average Bonchev–Trinajstić information content (AvgIpc) is 2.87. The first-order chi connectivity index (χ1) is 12.8. The number of nitrogens with zero attached hydrogens (tertiary/aromatic N) is 1. The quantitative estimate of drug-likeness (QED) is 0.698. The monoisotopic (exact) mass is 452 g/mol. The van der Waals surface area contributed by atoms with Crippen molar-refractivity contribution >= 4 is 56.5 Å². The van der Waals surface area contributed by atoms with Crippen molar-refractivity contribution in [3.8, 4) is 0 Å². The Morgan fingerprint density at radius 2 is 1.85 bits per heavy atom. The maximum absolute atomic E-state index is 13.3. The normalized spacial score (nSPS) is 15.5. The number of hydrogen-bond donors (Lipinski definition) is 1. The van der Waals surface area contributed by atoms with Gasteiger partial charge >= 0.3 is 0 Å². The molecule has 9 heteroatoms. The maximum Gasteiger partial charge on any atom is 0.294 e. The first-order valence-electron chi connectivity index (χ1n) is 7.59. The molecule has 1 fully saturated rings. The Labute approximate surface area is 165 Å². The largest absolute Gasteiger partial charge is 0.325 e. The van der Waals surface area contributed by atoms with E-state index in [9.17, 15) is 23.2 Å². The number of benzene rings is 2. The third-order valence-electron chi connectivity index (χ3n) is 3.54. The molecule has 3 amide bonds. The summed E-state index contributed by atoms with van der Waals surface area (Å²) in [5.74, 6) is -2.09. The van der Waals surface area contributed by atoms with Crippen LogP contribution in [0.25, 0.3) is 6.08 Å². The van der Waals surface area contributed by atoms with Crippen LogP contribution in [0.1, 0.15) is 5.56 Å². The van der Waals surface area contributed by atoms with Crippen molar-refractivity contribution in [2.45, 2.75) is 0 Å². The number of carbonyl (C=O) groups excluding carboxylic acids is 3. The van der Waals surface area contributed by atoms with E-state index in [4.69, 9.17) is 0 Å². The van der Waals surface area contributed by atoms with Crippen LogP contribution in [-0.4, -0.2) is 28.5 Å². The zero-order valence-electron chi connectivity index (χ0n) is 13.5. The highest BCUT2D eigenvalue weighted by atomic mass is 79.9. The summed E-state index contributed by atoms with van der Waals surface area (Å²) < 4.78 is 26.4. The smallest absolute Gasteiger partial charge is 0.294 e. The molecule has 0 aliphatic carbocycles. The topological polar surface area (TPSA) is 66.5 Å². The fourth-order valence-corrected chi connectivity index (χ4v) is 3.50. The summed E-state index contributed by atoms with van der Waals surface area (Å²) in [4.78, 5) is 37.5. The summed E-state index contributed by atoms with van der Waals surface area (Å²) in [6.07, 6.45) is 1.45. The summed E-state index contributed by atoms with van der Waals surface area (Å²) in [7, 11) is 0. The molecule has 0 atom stereocenters. The Hall–Kier alpha value is -2.52. The number of nitrogens with one attached hydrogen (secondary N) is 1. The van der Waals surface area contributed by atoms with Gasteiger partial charge in [0.15, 0.2) is 0 Å². The van der Waals surface area contributed by atoms with Gasteiger partial charge in [0.25, 0.3) is 11.1 Å². The number of halogens is 3. The Balaban J connectivity index is 1.70. The van der Waals surface area contributed by atoms with Crippen LogP contribution in [0.5, 0.6) is 0 Å². The molecule has 0 radical (unpaired) electrons. The van der Waals surface area contributed by atoms with E-state index in [1.165, 1.54) is 48.5 Å². The summed E-state index contributed by atoms with van der Waals surface area (Å²) in [6.45, 7) is -0.466. The van der Waals surface area contributed by atoms with Gasteiger partial charge in [0, 0.05) is 5.69 Å². The number of rotatable bonds is 4. The van der Waals surface area contributed by atoms with Crippen LogP contribution in [-0.2, 0) is 9.59 Å². The van der Waals surface area contributed by atoms with Gasteiger partial charge in [-0.25, -0.2) is 8.78 Å².